The van der Waals surface area contributed by atoms with E-state index in [9.17, 15) is 4.79 Å². The summed E-state index contributed by atoms with van der Waals surface area (Å²) in [5, 5.41) is 6.33. The van der Waals surface area contributed by atoms with Gasteiger partial charge in [0.2, 0.25) is 5.88 Å². The molecule has 0 fully saturated rings. The summed E-state index contributed by atoms with van der Waals surface area (Å²) in [6.07, 6.45) is 0.897. The minimum atomic E-state index is -0.220. The number of aryl methyl sites for hydroxylation is 1. The molecule has 5 nitrogen and oxygen atoms in total. The Labute approximate surface area is 88.8 Å². The van der Waals surface area contributed by atoms with Gasteiger partial charge in [-0.1, -0.05) is 12.1 Å². The first-order valence-corrected chi connectivity index (χ1v) is 4.95. The van der Waals surface area contributed by atoms with E-state index < -0.39 is 0 Å². The molecule has 1 N–H and O–H groups in total. The second-order valence-corrected chi connectivity index (χ2v) is 3.32. The highest BCUT2D eigenvalue weighted by atomic mass is 16.5. The standard InChI is InChI=1S/C10H16N2O3/c1-4-5-14-6-9(13)11-10-7(2)8(3)12-15-10/h4-6H2,1-3H3,(H,11,13). The monoisotopic (exact) mass is 212 g/mol. The molecule has 84 valence electrons. The van der Waals surface area contributed by atoms with Gasteiger partial charge in [-0.05, 0) is 20.3 Å². The summed E-state index contributed by atoms with van der Waals surface area (Å²) in [7, 11) is 0. The van der Waals surface area contributed by atoms with Crippen LogP contribution in [0, 0.1) is 13.8 Å². The quantitative estimate of drug-likeness (QED) is 0.754. The average Bonchev–Trinajstić information content (AvgIpc) is 2.50. The van der Waals surface area contributed by atoms with Gasteiger partial charge in [0, 0.05) is 12.2 Å². The van der Waals surface area contributed by atoms with E-state index in [-0.39, 0.29) is 12.5 Å². The number of nitrogens with zero attached hydrogens (tertiary/aromatic N) is 1. The fourth-order valence-corrected chi connectivity index (χ4v) is 1.00. The van der Waals surface area contributed by atoms with Crippen LogP contribution in [0.15, 0.2) is 4.52 Å². The van der Waals surface area contributed by atoms with E-state index in [1.807, 2.05) is 20.8 Å². The van der Waals surface area contributed by atoms with Gasteiger partial charge in [0.15, 0.2) is 0 Å². The summed E-state index contributed by atoms with van der Waals surface area (Å²) in [5.41, 5.74) is 1.62. The number of anilines is 1. The number of rotatable bonds is 5. The van der Waals surface area contributed by atoms with Crippen LogP contribution in [0.3, 0.4) is 0 Å². The van der Waals surface area contributed by atoms with E-state index in [4.69, 9.17) is 9.26 Å². The van der Waals surface area contributed by atoms with Gasteiger partial charge in [-0.3, -0.25) is 10.1 Å². The van der Waals surface area contributed by atoms with Crippen molar-refractivity contribution in [1.82, 2.24) is 5.16 Å². The summed E-state index contributed by atoms with van der Waals surface area (Å²) in [6, 6.07) is 0. The van der Waals surface area contributed by atoms with Crippen LogP contribution in [-0.2, 0) is 9.53 Å². The molecular formula is C10H16N2O3. The Hall–Kier alpha value is -1.36. The summed E-state index contributed by atoms with van der Waals surface area (Å²) >= 11 is 0. The zero-order chi connectivity index (χ0) is 11.3. The largest absolute Gasteiger partial charge is 0.372 e. The van der Waals surface area contributed by atoms with Crippen LogP contribution in [0.2, 0.25) is 0 Å². The Bertz CT molecular complexity index is 333. The number of hydrogen-bond acceptors (Lipinski definition) is 4. The highest BCUT2D eigenvalue weighted by Gasteiger charge is 2.11. The van der Waals surface area contributed by atoms with E-state index >= 15 is 0 Å². The third-order valence-electron chi connectivity index (χ3n) is 1.99. The molecule has 1 aromatic heterocycles. The fraction of sp³-hybridized carbons (Fsp3) is 0.600. The molecule has 0 spiro atoms. The van der Waals surface area contributed by atoms with E-state index in [2.05, 4.69) is 10.5 Å². The van der Waals surface area contributed by atoms with Crippen molar-refractivity contribution in [2.24, 2.45) is 0 Å². The second kappa shape index (κ2) is 5.50. The lowest BCUT2D eigenvalue weighted by Gasteiger charge is -2.02. The molecule has 0 aliphatic carbocycles. The van der Waals surface area contributed by atoms with Crippen molar-refractivity contribution in [2.75, 3.05) is 18.5 Å². The molecule has 1 amide bonds. The third kappa shape index (κ3) is 3.36. The van der Waals surface area contributed by atoms with Gasteiger partial charge in [0.25, 0.3) is 5.91 Å². The second-order valence-electron chi connectivity index (χ2n) is 3.32. The Kier molecular flexibility index (Phi) is 4.30. The Morgan fingerprint density at radius 1 is 1.53 bits per heavy atom. The van der Waals surface area contributed by atoms with Crippen molar-refractivity contribution in [3.05, 3.63) is 11.3 Å². The average molecular weight is 212 g/mol. The predicted molar refractivity (Wildman–Crippen MR) is 55.7 cm³/mol. The molecule has 1 rings (SSSR count). The van der Waals surface area contributed by atoms with Crippen LogP contribution < -0.4 is 5.32 Å². The van der Waals surface area contributed by atoms with Crippen molar-refractivity contribution in [3.8, 4) is 0 Å². The van der Waals surface area contributed by atoms with Crippen molar-refractivity contribution in [3.63, 3.8) is 0 Å². The molecule has 1 heterocycles. The molecule has 15 heavy (non-hydrogen) atoms. The first-order chi connectivity index (χ1) is 7.15. The molecule has 5 heteroatoms. The van der Waals surface area contributed by atoms with Crippen LogP contribution in [0.4, 0.5) is 5.88 Å². The van der Waals surface area contributed by atoms with Gasteiger partial charge in [-0.25, -0.2) is 0 Å². The molecule has 0 saturated heterocycles. The van der Waals surface area contributed by atoms with Gasteiger partial charge in [-0.15, -0.1) is 0 Å². The summed E-state index contributed by atoms with van der Waals surface area (Å²) in [4.78, 5) is 11.3. The first-order valence-electron chi connectivity index (χ1n) is 4.95. The maximum atomic E-state index is 11.3. The van der Waals surface area contributed by atoms with Crippen LogP contribution >= 0.6 is 0 Å². The molecule has 0 unspecified atom stereocenters. The lowest BCUT2D eigenvalue weighted by molar-refractivity contribution is -0.120. The van der Waals surface area contributed by atoms with Crippen LogP contribution in [0.5, 0.6) is 0 Å². The van der Waals surface area contributed by atoms with Crippen molar-refractivity contribution < 1.29 is 14.1 Å². The number of amides is 1. The topological polar surface area (TPSA) is 64.4 Å². The summed E-state index contributed by atoms with van der Waals surface area (Å²) in [6.45, 7) is 6.28. The van der Waals surface area contributed by atoms with Gasteiger partial charge < -0.3 is 9.26 Å². The molecule has 0 aromatic carbocycles. The number of ether oxygens (including phenoxy) is 1. The van der Waals surface area contributed by atoms with E-state index in [0.717, 1.165) is 17.7 Å². The number of aromatic nitrogens is 1. The Balaban J connectivity index is 2.41. The van der Waals surface area contributed by atoms with E-state index in [0.29, 0.717) is 12.5 Å². The zero-order valence-corrected chi connectivity index (χ0v) is 9.29. The SMILES string of the molecule is CCCOCC(=O)Nc1onc(C)c1C. The predicted octanol–water partition coefficient (Wildman–Crippen LogP) is 1.66. The molecular weight excluding hydrogens is 196 g/mol. The van der Waals surface area contributed by atoms with Crippen molar-refractivity contribution >= 4 is 11.8 Å². The van der Waals surface area contributed by atoms with Gasteiger partial charge in [0.05, 0.1) is 5.69 Å². The molecule has 0 bridgehead atoms. The van der Waals surface area contributed by atoms with Gasteiger partial charge >= 0.3 is 0 Å². The van der Waals surface area contributed by atoms with Crippen LogP contribution in [-0.4, -0.2) is 24.3 Å². The smallest absolute Gasteiger partial charge is 0.252 e. The summed E-state index contributed by atoms with van der Waals surface area (Å²) in [5.74, 6) is 0.181. The van der Waals surface area contributed by atoms with Crippen LogP contribution in [0.25, 0.3) is 0 Å². The fourth-order valence-electron chi connectivity index (χ4n) is 1.00. The normalized spacial score (nSPS) is 10.3. The lowest BCUT2D eigenvalue weighted by atomic mass is 10.3. The zero-order valence-electron chi connectivity index (χ0n) is 9.29. The number of carbonyl (C=O) groups is 1. The highest BCUT2D eigenvalue weighted by Crippen LogP contribution is 2.16. The number of nitrogens with one attached hydrogen (secondary N) is 1. The molecule has 0 saturated carbocycles. The maximum Gasteiger partial charge on any atom is 0.252 e. The minimum Gasteiger partial charge on any atom is -0.372 e. The number of hydrogen-bond donors (Lipinski definition) is 1. The van der Waals surface area contributed by atoms with Crippen LogP contribution in [0.1, 0.15) is 24.6 Å². The molecule has 1 aromatic rings. The number of carbonyl (C=O) groups excluding carboxylic acids is 1. The molecule has 0 radical (unpaired) electrons. The molecule has 0 atom stereocenters. The highest BCUT2D eigenvalue weighted by molar-refractivity contribution is 5.91. The Morgan fingerprint density at radius 2 is 2.27 bits per heavy atom. The van der Waals surface area contributed by atoms with E-state index in [1.165, 1.54) is 0 Å². The Morgan fingerprint density at radius 3 is 2.80 bits per heavy atom. The van der Waals surface area contributed by atoms with Crippen molar-refractivity contribution in [1.29, 1.82) is 0 Å². The maximum absolute atomic E-state index is 11.3. The lowest BCUT2D eigenvalue weighted by Crippen LogP contribution is -2.18. The molecule has 0 aliphatic rings. The minimum absolute atomic E-state index is 0.0486. The van der Waals surface area contributed by atoms with Gasteiger partial charge in [-0.2, -0.15) is 0 Å². The van der Waals surface area contributed by atoms with Gasteiger partial charge in [0.1, 0.15) is 6.61 Å². The van der Waals surface area contributed by atoms with E-state index in [1.54, 1.807) is 0 Å². The van der Waals surface area contributed by atoms with Crippen molar-refractivity contribution in [2.45, 2.75) is 27.2 Å². The molecule has 0 aliphatic heterocycles. The first kappa shape index (κ1) is 11.7. The third-order valence-corrected chi connectivity index (χ3v) is 1.99. The summed E-state index contributed by atoms with van der Waals surface area (Å²) < 4.78 is 10.0.